The van der Waals surface area contributed by atoms with E-state index in [1.54, 1.807) is 6.26 Å². The summed E-state index contributed by atoms with van der Waals surface area (Å²) in [6.07, 6.45) is 4.46. The van der Waals surface area contributed by atoms with Gasteiger partial charge in [-0.2, -0.15) is 4.98 Å². The second kappa shape index (κ2) is 8.04. The summed E-state index contributed by atoms with van der Waals surface area (Å²) in [4.78, 5) is 7.93. The molecule has 0 fully saturated rings. The van der Waals surface area contributed by atoms with Crippen molar-refractivity contribution in [2.24, 2.45) is 0 Å². The van der Waals surface area contributed by atoms with E-state index in [0.717, 1.165) is 19.2 Å². The predicted molar refractivity (Wildman–Crippen MR) is 77.4 cm³/mol. The summed E-state index contributed by atoms with van der Waals surface area (Å²) in [5.74, 6) is 0.118. The molecule has 0 spiro atoms. The van der Waals surface area contributed by atoms with Crippen molar-refractivity contribution in [2.45, 2.75) is 31.9 Å². The van der Waals surface area contributed by atoms with Gasteiger partial charge in [-0.15, -0.1) is 0 Å². The molecule has 0 saturated heterocycles. The Morgan fingerprint density at radius 3 is 2.79 bits per heavy atom. The van der Waals surface area contributed by atoms with Gasteiger partial charge in [0.25, 0.3) is 0 Å². The largest absolute Gasteiger partial charge is 0.367 e. The highest BCUT2D eigenvalue weighted by molar-refractivity contribution is 7.84. The number of rotatable bonds is 8. The van der Waals surface area contributed by atoms with Crippen LogP contribution in [0.3, 0.4) is 0 Å². The normalized spacial score (nSPS) is 13.9. The van der Waals surface area contributed by atoms with Crippen molar-refractivity contribution < 1.29 is 8.60 Å². The molecule has 0 aliphatic carbocycles. The third-order valence-corrected chi connectivity index (χ3v) is 4.06. The van der Waals surface area contributed by atoms with Crippen molar-refractivity contribution in [1.29, 1.82) is 0 Å². The van der Waals surface area contributed by atoms with Crippen LogP contribution in [0.5, 0.6) is 0 Å². The van der Waals surface area contributed by atoms with Gasteiger partial charge in [-0.25, -0.2) is 9.37 Å². The van der Waals surface area contributed by atoms with Crippen molar-refractivity contribution >= 4 is 22.6 Å². The van der Waals surface area contributed by atoms with Crippen molar-refractivity contribution in [3.05, 3.63) is 12.0 Å². The molecule has 0 aromatic carbocycles. The van der Waals surface area contributed by atoms with E-state index in [0.29, 0.717) is 18.9 Å². The zero-order valence-electron chi connectivity index (χ0n) is 11.6. The average Bonchev–Trinajstić information content (AvgIpc) is 2.39. The number of aromatic nitrogens is 2. The van der Waals surface area contributed by atoms with Crippen LogP contribution in [-0.4, -0.2) is 38.8 Å². The lowest BCUT2D eigenvalue weighted by Crippen LogP contribution is -2.16. The molecule has 1 aromatic heterocycles. The second-order valence-corrected chi connectivity index (χ2v) is 6.14. The summed E-state index contributed by atoms with van der Waals surface area (Å²) in [7, 11) is -0.861. The molecule has 0 aliphatic rings. The predicted octanol–water partition coefficient (Wildman–Crippen LogP) is 2.01. The summed E-state index contributed by atoms with van der Waals surface area (Å²) in [6, 6.07) is 0. The maximum absolute atomic E-state index is 13.5. The third-order valence-electron chi connectivity index (χ3n) is 2.69. The molecule has 0 bridgehead atoms. The molecule has 1 heterocycles. The molecular formula is C12H21FN4OS. The average molecular weight is 288 g/mol. The monoisotopic (exact) mass is 288 g/mol. The topological polar surface area (TPSA) is 66.9 Å². The van der Waals surface area contributed by atoms with E-state index < -0.39 is 16.6 Å². The number of hydrogen-bond donors (Lipinski definition) is 2. The second-order valence-electron chi connectivity index (χ2n) is 4.34. The molecule has 1 aromatic rings. The summed E-state index contributed by atoms with van der Waals surface area (Å²) in [5.41, 5.74) is 0. The maximum Gasteiger partial charge on any atom is 0.224 e. The van der Waals surface area contributed by atoms with Gasteiger partial charge in [-0.05, 0) is 12.8 Å². The minimum Gasteiger partial charge on any atom is -0.367 e. The fourth-order valence-electron chi connectivity index (χ4n) is 1.37. The van der Waals surface area contributed by atoms with Crippen molar-refractivity contribution in [2.75, 3.05) is 30.0 Å². The quantitative estimate of drug-likeness (QED) is 0.766. The molecule has 5 nitrogen and oxygen atoms in total. The minimum absolute atomic E-state index is 0.0788. The van der Waals surface area contributed by atoms with Crippen LogP contribution in [0.4, 0.5) is 16.2 Å². The van der Waals surface area contributed by atoms with Crippen LogP contribution in [-0.2, 0) is 10.8 Å². The van der Waals surface area contributed by atoms with E-state index in [9.17, 15) is 8.60 Å². The summed E-state index contributed by atoms with van der Waals surface area (Å²) >= 11 is 0. The van der Waals surface area contributed by atoms with Crippen LogP contribution >= 0.6 is 0 Å². The lowest BCUT2D eigenvalue weighted by molar-refractivity contribution is 0.616. The molecule has 2 N–H and O–H groups in total. The summed E-state index contributed by atoms with van der Waals surface area (Å²) in [6.45, 7) is 5.21. The molecule has 2 atom stereocenters. The van der Waals surface area contributed by atoms with E-state index in [2.05, 4.69) is 20.6 Å². The SMILES string of the molecule is CCCNc1ncc(F)c(NCCC(C)S(C)=O)n1. The zero-order valence-corrected chi connectivity index (χ0v) is 12.4. The fraction of sp³-hybridized carbons (Fsp3) is 0.667. The first-order valence-corrected chi connectivity index (χ1v) is 7.99. The highest BCUT2D eigenvalue weighted by Gasteiger charge is 2.09. The molecule has 7 heteroatoms. The van der Waals surface area contributed by atoms with Crippen LogP contribution in [0.1, 0.15) is 26.7 Å². The van der Waals surface area contributed by atoms with Crippen LogP contribution < -0.4 is 10.6 Å². The molecule has 1 rings (SSSR count). The first kappa shape index (κ1) is 15.8. The Hall–Kier alpha value is -1.24. The van der Waals surface area contributed by atoms with E-state index in [1.165, 1.54) is 0 Å². The molecular weight excluding hydrogens is 267 g/mol. The van der Waals surface area contributed by atoms with E-state index in [1.807, 2.05) is 13.8 Å². The van der Waals surface area contributed by atoms with Gasteiger partial charge in [-0.3, -0.25) is 4.21 Å². The van der Waals surface area contributed by atoms with Gasteiger partial charge in [0, 0.05) is 35.4 Å². The Morgan fingerprint density at radius 2 is 2.16 bits per heavy atom. The Morgan fingerprint density at radius 1 is 1.42 bits per heavy atom. The Balaban J connectivity index is 2.54. The maximum atomic E-state index is 13.5. The van der Waals surface area contributed by atoms with E-state index in [4.69, 9.17) is 0 Å². The first-order valence-electron chi connectivity index (χ1n) is 6.37. The van der Waals surface area contributed by atoms with Crippen molar-refractivity contribution in [1.82, 2.24) is 9.97 Å². The third kappa shape index (κ3) is 5.50. The lowest BCUT2D eigenvalue weighted by Gasteiger charge is -2.11. The number of hydrogen-bond acceptors (Lipinski definition) is 5. The van der Waals surface area contributed by atoms with Gasteiger partial charge in [-0.1, -0.05) is 13.8 Å². The molecule has 0 amide bonds. The highest BCUT2D eigenvalue weighted by atomic mass is 32.2. The molecule has 0 saturated carbocycles. The van der Waals surface area contributed by atoms with Crippen LogP contribution in [0.15, 0.2) is 6.20 Å². The first-order chi connectivity index (χ1) is 9.04. The van der Waals surface area contributed by atoms with E-state index in [-0.39, 0.29) is 11.1 Å². The van der Waals surface area contributed by atoms with Gasteiger partial charge >= 0.3 is 0 Å². The summed E-state index contributed by atoms with van der Waals surface area (Å²) < 4.78 is 24.7. The molecule has 108 valence electrons. The van der Waals surface area contributed by atoms with Crippen molar-refractivity contribution in [3.8, 4) is 0 Å². The summed E-state index contributed by atoms with van der Waals surface area (Å²) in [5, 5.41) is 6.00. The number of halogens is 1. The molecule has 0 radical (unpaired) electrons. The fourth-order valence-corrected chi connectivity index (χ4v) is 1.82. The van der Waals surface area contributed by atoms with Crippen LogP contribution in [0.2, 0.25) is 0 Å². The number of nitrogens with one attached hydrogen (secondary N) is 2. The van der Waals surface area contributed by atoms with Crippen LogP contribution in [0.25, 0.3) is 0 Å². The zero-order chi connectivity index (χ0) is 14.3. The Labute approximate surface area is 115 Å². The lowest BCUT2D eigenvalue weighted by atomic mass is 10.3. The van der Waals surface area contributed by atoms with Gasteiger partial charge in [0.05, 0.1) is 6.20 Å². The molecule has 2 unspecified atom stereocenters. The van der Waals surface area contributed by atoms with Gasteiger partial charge < -0.3 is 10.6 Å². The molecule has 0 aliphatic heterocycles. The van der Waals surface area contributed by atoms with Gasteiger partial charge in [0.15, 0.2) is 11.6 Å². The smallest absolute Gasteiger partial charge is 0.224 e. The number of nitrogens with zero attached hydrogens (tertiary/aromatic N) is 2. The van der Waals surface area contributed by atoms with Gasteiger partial charge in [0.2, 0.25) is 5.95 Å². The Bertz CT molecular complexity index is 430. The highest BCUT2D eigenvalue weighted by Crippen LogP contribution is 2.12. The molecule has 19 heavy (non-hydrogen) atoms. The van der Waals surface area contributed by atoms with Crippen molar-refractivity contribution in [3.63, 3.8) is 0 Å². The standard InChI is InChI=1S/C12H21FN4OS/c1-4-6-15-12-16-8-10(13)11(17-12)14-7-5-9(2)19(3)18/h8-9H,4-7H2,1-3H3,(H2,14,15,16,17). The van der Waals surface area contributed by atoms with E-state index >= 15 is 0 Å². The van der Waals surface area contributed by atoms with Crippen LogP contribution in [0, 0.1) is 5.82 Å². The number of anilines is 2. The minimum atomic E-state index is -0.861. The van der Waals surface area contributed by atoms with Gasteiger partial charge in [0.1, 0.15) is 0 Å². The Kier molecular flexibility index (Phi) is 6.69.